The summed E-state index contributed by atoms with van der Waals surface area (Å²) < 4.78 is 41.3. The molecule has 0 aliphatic carbocycles. The van der Waals surface area contributed by atoms with Crippen molar-refractivity contribution in [3.8, 4) is 0 Å². The van der Waals surface area contributed by atoms with E-state index in [1.54, 1.807) is 24.3 Å². The average Bonchev–Trinajstić information content (AvgIpc) is 2.53. The molecule has 2 unspecified atom stereocenters. The Balaban J connectivity index is 1.89. The van der Waals surface area contributed by atoms with Crippen molar-refractivity contribution < 1.29 is 22.1 Å². The van der Waals surface area contributed by atoms with E-state index in [1.807, 2.05) is 6.92 Å². The summed E-state index contributed by atoms with van der Waals surface area (Å²) in [4.78, 5) is 0.166. The number of ether oxygens (including phenoxy) is 2. The summed E-state index contributed by atoms with van der Waals surface area (Å²) in [6, 6.07) is 6.60. The Bertz CT molecular complexity index is 552. The zero-order valence-corrected chi connectivity index (χ0v) is 15.5. The number of benzene rings is 1. The van der Waals surface area contributed by atoms with E-state index in [-0.39, 0.29) is 23.9 Å². The van der Waals surface area contributed by atoms with E-state index in [0.717, 1.165) is 24.8 Å². The molecule has 2 rings (SSSR count). The maximum Gasteiger partial charge on any atom is 0.297 e. The van der Waals surface area contributed by atoms with E-state index in [2.05, 4.69) is 22.6 Å². The molecule has 7 heteroatoms. The maximum absolute atomic E-state index is 12.1. The van der Waals surface area contributed by atoms with Gasteiger partial charge >= 0.3 is 0 Å². The molecule has 124 valence electrons. The molecule has 0 spiro atoms. The van der Waals surface area contributed by atoms with Crippen LogP contribution in [0.5, 0.6) is 0 Å². The van der Waals surface area contributed by atoms with E-state index < -0.39 is 10.1 Å². The van der Waals surface area contributed by atoms with E-state index in [0.29, 0.717) is 11.0 Å². The van der Waals surface area contributed by atoms with Crippen LogP contribution < -0.4 is 0 Å². The summed E-state index contributed by atoms with van der Waals surface area (Å²) in [5.74, 6) is 0. The Hall–Kier alpha value is -0.220. The molecule has 1 aliphatic rings. The Morgan fingerprint density at radius 2 is 2.05 bits per heavy atom. The third kappa shape index (κ3) is 5.45. The minimum absolute atomic E-state index is 0.000982. The second-order valence-electron chi connectivity index (χ2n) is 5.26. The zero-order valence-electron chi connectivity index (χ0n) is 12.5. The van der Waals surface area contributed by atoms with Crippen LogP contribution in [0.15, 0.2) is 29.2 Å². The van der Waals surface area contributed by atoms with Crippen LogP contribution in [0.2, 0.25) is 0 Å². The number of hydrogen-bond donors (Lipinski definition) is 0. The van der Waals surface area contributed by atoms with Crippen molar-refractivity contribution in [3.05, 3.63) is 29.8 Å². The zero-order chi connectivity index (χ0) is 16.0. The molecule has 22 heavy (non-hydrogen) atoms. The minimum Gasteiger partial charge on any atom is -0.353 e. The van der Waals surface area contributed by atoms with Crippen molar-refractivity contribution in [2.24, 2.45) is 0 Å². The van der Waals surface area contributed by atoms with Crippen LogP contribution in [-0.2, 0) is 23.8 Å². The highest BCUT2D eigenvalue weighted by molar-refractivity contribution is 14.1. The van der Waals surface area contributed by atoms with Gasteiger partial charge in [-0.2, -0.15) is 8.42 Å². The Kier molecular flexibility index (Phi) is 7.07. The van der Waals surface area contributed by atoms with Gasteiger partial charge in [-0.3, -0.25) is 4.18 Å². The van der Waals surface area contributed by atoms with Gasteiger partial charge in [0.25, 0.3) is 10.1 Å². The first-order valence-electron chi connectivity index (χ1n) is 7.30. The van der Waals surface area contributed by atoms with Crippen LogP contribution in [0.1, 0.15) is 24.8 Å². The SMILES string of the molecule is Cc1ccc(S(=O)(=O)OCC(CI)OC2CCCCO2)cc1. The second kappa shape index (κ2) is 8.58. The van der Waals surface area contributed by atoms with Crippen molar-refractivity contribution >= 4 is 32.7 Å². The summed E-state index contributed by atoms with van der Waals surface area (Å²) in [5, 5.41) is 0. The smallest absolute Gasteiger partial charge is 0.297 e. The van der Waals surface area contributed by atoms with Crippen molar-refractivity contribution in [1.82, 2.24) is 0 Å². The van der Waals surface area contributed by atoms with Crippen LogP contribution in [-0.4, -0.2) is 38.5 Å². The molecule has 5 nitrogen and oxygen atoms in total. The molecule has 1 saturated heterocycles. The third-order valence-corrected chi connectivity index (χ3v) is 5.65. The van der Waals surface area contributed by atoms with Crippen LogP contribution in [0, 0.1) is 6.92 Å². The molecule has 0 radical (unpaired) electrons. The number of halogens is 1. The third-order valence-electron chi connectivity index (χ3n) is 3.37. The summed E-state index contributed by atoms with van der Waals surface area (Å²) in [6.45, 7) is 2.60. The first-order chi connectivity index (χ1) is 10.5. The highest BCUT2D eigenvalue weighted by Gasteiger charge is 2.22. The van der Waals surface area contributed by atoms with Crippen LogP contribution >= 0.6 is 22.6 Å². The molecule has 0 N–H and O–H groups in total. The van der Waals surface area contributed by atoms with Gasteiger partial charge < -0.3 is 9.47 Å². The highest BCUT2D eigenvalue weighted by Crippen LogP contribution is 2.18. The maximum atomic E-state index is 12.1. The molecule has 0 aromatic heterocycles. The van der Waals surface area contributed by atoms with Crippen molar-refractivity contribution in [2.45, 2.75) is 43.5 Å². The lowest BCUT2D eigenvalue weighted by Crippen LogP contribution is -2.32. The van der Waals surface area contributed by atoms with Crippen molar-refractivity contribution in [1.29, 1.82) is 0 Å². The Morgan fingerprint density at radius 1 is 1.32 bits per heavy atom. The number of hydrogen-bond acceptors (Lipinski definition) is 5. The predicted molar refractivity (Wildman–Crippen MR) is 91.7 cm³/mol. The molecule has 0 amide bonds. The van der Waals surface area contributed by atoms with Gasteiger partial charge in [-0.1, -0.05) is 40.3 Å². The first kappa shape index (κ1) is 18.1. The standard InChI is InChI=1S/C15H21IO5S/c1-12-5-7-14(8-6-12)22(17,18)20-11-13(10-16)21-15-4-2-3-9-19-15/h5-8,13,15H,2-4,9-11H2,1H3. The van der Waals surface area contributed by atoms with E-state index in [4.69, 9.17) is 13.7 Å². The number of aryl methyl sites for hydroxylation is 1. The monoisotopic (exact) mass is 440 g/mol. The number of rotatable bonds is 7. The Morgan fingerprint density at radius 3 is 2.64 bits per heavy atom. The quantitative estimate of drug-likeness (QED) is 0.371. The average molecular weight is 440 g/mol. The molecule has 1 aromatic carbocycles. The topological polar surface area (TPSA) is 61.8 Å². The van der Waals surface area contributed by atoms with Gasteiger partial charge in [-0.05, 0) is 38.3 Å². The summed E-state index contributed by atoms with van der Waals surface area (Å²) in [5.41, 5.74) is 1.00. The van der Waals surface area contributed by atoms with E-state index in [9.17, 15) is 8.42 Å². The Labute approximate surface area is 145 Å². The van der Waals surface area contributed by atoms with Crippen LogP contribution in [0.4, 0.5) is 0 Å². The lowest BCUT2D eigenvalue weighted by Gasteiger charge is -2.26. The van der Waals surface area contributed by atoms with Crippen molar-refractivity contribution in [3.63, 3.8) is 0 Å². The van der Waals surface area contributed by atoms with E-state index in [1.165, 1.54) is 0 Å². The van der Waals surface area contributed by atoms with Gasteiger partial charge in [0, 0.05) is 11.0 Å². The van der Waals surface area contributed by atoms with Gasteiger partial charge in [0.2, 0.25) is 0 Å². The molecule has 0 saturated carbocycles. The predicted octanol–water partition coefficient (Wildman–Crippen LogP) is 3.05. The van der Waals surface area contributed by atoms with Gasteiger partial charge in [0.1, 0.15) is 0 Å². The fourth-order valence-electron chi connectivity index (χ4n) is 2.09. The van der Waals surface area contributed by atoms with Crippen LogP contribution in [0.25, 0.3) is 0 Å². The fraction of sp³-hybridized carbons (Fsp3) is 0.600. The molecule has 0 bridgehead atoms. The molecule has 1 aliphatic heterocycles. The van der Waals surface area contributed by atoms with Gasteiger partial charge in [-0.25, -0.2) is 0 Å². The summed E-state index contributed by atoms with van der Waals surface area (Å²) in [6.07, 6.45) is 2.41. The van der Waals surface area contributed by atoms with E-state index >= 15 is 0 Å². The first-order valence-corrected chi connectivity index (χ1v) is 10.2. The lowest BCUT2D eigenvalue weighted by atomic mass is 10.2. The minimum atomic E-state index is -3.75. The molecule has 1 aromatic rings. The molecular formula is C15H21IO5S. The lowest BCUT2D eigenvalue weighted by molar-refractivity contribution is -0.187. The van der Waals surface area contributed by atoms with Gasteiger partial charge in [-0.15, -0.1) is 0 Å². The normalized spacial score (nSPS) is 20.7. The molecule has 2 atom stereocenters. The summed E-state index contributed by atoms with van der Waals surface area (Å²) in [7, 11) is -3.75. The van der Waals surface area contributed by atoms with Gasteiger partial charge in [0.05, 0.1) is 17.6 Å². The summed E-state index contributed by atoms with van der Waals surface area (Å²) >= 11 is 2.16. The largest absolute Gasteiger partial charge is 0.353 e. The van der Waals surface area contributed by atoms with Crippen LogP contribution in [0.3, 0.4) is 0 Å². The van der Waals surface area contributed by atoms with Gasteiger partial charge in [0.15, 0.2) is 6.29 Å². The highest BCUT2D eigenvalue weighted by atomic mass is 127. The molecule has 1 fully saturated rings. The number of alkyl halides is 1. The van der Waals surface area contributed by atoms with Crippen molar-refractivity contribution in [2.75, 3.05) is 17.6 Å². The fourth-order valence-corrected chi connectivity index (χ4v) is 3.49. The second-order valence-corrected chi connectivity index (χ2v) is 7.76. The molecular weight excluding hydrogens is 419 g/mol. The molecule has 1 heterocycles.